The summed E-state index contributed by atoms with van der Waals surface area (Å²) in [7, 11) is -1.81. The lowest BCUT2D eigenvalue weighted by molar-refractivity contribution is 0.0543. The number of methoxy groups -OCH3 is 1. The molecule has 1 aromatic heterocycles. The van der Waals surface area contributed by atoms with Gasteiger partial charge >= 0.3 is 0 Å². The fraction of sp³-hybridized carbons (Fsp3) is 0.667. The number of pyridine rings is 1. The molecule has 0 unspecified atom stereocenters. The number of hydrogen-bond donors (Lipinski definition) is 0. The second-order valence-corrected chi connectivity index (χ2v) is 7.91. The fourth-order valence-electron chi connectivity index (χ4n) is 3.19. The molecule has 1 aromatic rings. The van der Waals surface area contributed by atoms with Crippen LogP contribution in [0.1, 0.15) is 0 Å². The van der Waals surface area contributed by atoms with Crippen molar-refractivity contribution in [1.82, 2.24) is 14.2 Å². The highest BCUT2D eigenvalue weighted by molar-refractivity contribution is 7.89. The summed E-state index contributed by atoms with van der Waals surface area (Å²) in [4.78, 5) is 6.44. The Bertz CT molecular complexity index is 608. The molecule has 2 aliphatic heterocycles. The molecular formula is C15H23N3O4S. The lowest BCUT2D eigenvalue weighted by Gasteiger charge is -2.22. The van der Waals surface area contributed by atoms with Gasteiger partial charge in [0.2, 0.25) is 10.0 Å². The van der Waals surface area contributed by atoms with Gasteiger partial charge in [-0.3, -0.25) is 9.88 Å². The van der Waals surface area contributed by atoms with Crippen molar-refractivity contribution in [3.8, 4) is 0 Å². The first kappa shape index (κ1) is 16.8. The van der Waals surface area contributed by atoms with Gasteiger partial charge in [0.25, 0.3) is 0 Å². The Kier molecular flexibility index (Phi) is 5.27. The van der Waals surface area contributed by atoms with Gasteiger partial charge in [-0.1, -0.05) is 0 Å². The molecule has 2 atom stereocenters. The second kappa shape index (κ2) is 7.23. The summed E-state index contributed by atoms with van der Waals surface area (Å²) in [5.41, 5.74) is 0. The summed E-state index contributed by atoms with van der Waals surface area (Å²) >= 11 is 0. The lowest BCUT2D eigenvalue weighted by Crippen LogP contribution is -2.35. The second-order valence-electron chi connectivity index (χ2n) is 5.97. The SMILES string of the molecule is COCCN1CCO[C@@H]2CN(S(=O)(=O)c3cccnc3)C[C@@H]2C1. The maximum absolute atomic E-state index is 12.7. The first-order valence-corrected chi connectivity index (χ1v) is 9.28. The van der Waals surface area contributed by atoms with E-state index in [2.05, 4.69) is 9.88 Å². The van der Waals surface area contributed by atoms with Crippen LogP contribution in [0.4, 0.5) is 0 Å². The first-order chi connectivity index (χ1) is 11.1. The average molecular weight is 341 g/mol. The van der Waals surface area contributed by atoms with E-state index < -0.39 is 10.0 Å². The van der Waals surface area contributed by atoms with Gasteiger partial charge < -0.3 is 9.47 Å². The molecule has 0 aromatic carbocycles. The Morgan fingerprint density at radius 1 is 1.39 bits per heavy atom. The molecule has 3 heterocycles. The minimum Gasteiger partial charge on any atom is -0.383 e. The van der Waals surface area contributed by atoms with Crippen LogP contribution in [0.5, 0.6) is 0 Å². The maximum Gasteiger partial charge on any atom is 0.244 e. The molecule has 0 aliphatic carbocycles. The van der Waals surface area contributed by atoms with Gasteiger partial charge in [-0.25, -0.2) is 8.42 Å². The Labute approximate surface area is 137 Å². The van der Waals surface area contributed by atoms with E-state index in [1.807, 2.05) is 0 Å². The Morgan fingerprint density at radius 3 is 3.00 bits per heavy atom. The molecule has 0 N–H and O–H groups in total. The number of rotatable bonds is 5. The topological polar surface area (TPSA) is 72.0 Å². The van der Waals surface area contributed by atoms with Crippen LogP contribution in [0, 0.1) is 5.92 Å². The van der Waals surface area contributed by atoms with Crippen molar-refractivity contribution in [1.29, 1.82) is 0 Å². The van der Waals surface area contributed by atoms with Gasteiger partial charge in [0, 0.05) is 58.1 Å². The van der Waals surface area contributed by atoms with Gasteiger partial charge in [0.1, 0.15) is 4.90 Å². The van der Waals surface area contributed by atoms with Crippen LogP contribution >= 0.6 is 0 Å². The number of aromatic nitrogens is 1. The van der Waals surface area contributed by atoms with Crippen molar-refractivity contribution in [2.45, 2.75) is 11.0 Å². The summed E-state index contributed by atoms with van der Waals surface area (Å²) in [5, 5.41) is 0. The van der Waals surface area contributed by atoms with E-state index >= 15 is 0 Å². The molecule has 0 radical (unpaired) electrons. The molecule has 0 saturated carbocycles. The van der Waals surface area contributed by atoms with E-state index in [1.165, 1.54) is 10.5 Å². The molecule has 8 heteroatoms. The summed E-state index contributed by atoms with van der Waals surface area (Å²) < 4.78 is 38.0. The standard InChI is InChI=1S/C15H23N3O4S/c1-21-7-5-17-6-8-22-15-12-18(11-13(15)10-17)23(19,20)14-3-2-4-16-9-14/h2-4,9,13,15H,5-8,10-12H2,1H3/t13-,15+/m0/s1. The third-order valence-corrected chi connectivity index (χ3v) is 6.28. The normalized spacial score (nSPS) is 26.8. The van der Waals surface area contributed by atoms with E-state index in [-0.39, 0.29) is 16.9 Å². The van der Waals surface area contributed by atoms with Gasteiger partial charge in [0.05, 0.1) is 19.3 Å². The molecule has 128 valence electrons. The highest BCUT2D eigenvalue weighted by Crippen LogP contribution is 2.28. The Balaban J connectivity index is 1.70. The molecule has 3 rings (SSSR count). The van der Waals surface area contributed by atoms with Crippen molar-refractivity contribution < 1.29 is 17.9 Å². The summed E-state index contributed by atoms with van der Waals surface area (Å²) in [6, 6.07) is 3.23. The van der Waals surface area contributed by atoms with Gasteiger partial charge in [0.15, 0.2) is 0 Å². The minimum atomic E-state index is -3.50. The third kappa shape index (κ3) is 3.72. The molecule has 0 amide bonds. The summed E-state index contributed by atoms with van der Waals surface area (Å²) in [6.45, 7) is 4.77. The van der Waals surface area contributed by atoms with Crippen molar-refractivity contribution in [3.63, 3.8) is 0 Å². The van der Waals surface area contributed by atoms with E-state index in [1.54, 1.807) is 25.4 Å². The highest BCUT2D eigenvalue weighted by atomic mass is 32.2. The van der Waals surface area contributed by atoms with E-state index in [0.29, 0.717) is 26.3 Å². The molecule has 7 nitrogen and oxygen atoms in total. The quantitative estimate of drug-likeness (QED) is 0.754. The third-order valence-electron chi connectivity index (χ3n) is 4.46. The van der Waals surface area contributed by atoms with E-state index in [4.69, 9.17) is 9.47 Å². The van der Waals surface area contributed by atoms with Crippen LogP contribution in [0.3, 0.4) is 0 Å². The maximum atomic E-state index is 12.7. The van der Waals surface area contributed by atoms with Crippen molar-refractivity contribution in [2.24, 2.45) is 5.92 Å². The predicted molar refractivity (Wildman–Crippen MR) is 84.5 cm³/mol. The number of fused-ring (bicyclic) bond motifs is 1. The average Bonchev–Trinajstić information content (AvgIpc) is 2.87. The monoisotopic (exact) mass is 341 g/mol. The molecule has 0 spiro atoms. The molecule has 2 aliphatic rings. The minimum absolute atomic E-state index is 0.0333. The summed E-state index contributed by atoms with van der Waals surface area (Å²) in [6.07, 6.45) is 2.94. The molecule has 23 heavy (non-hydrogen) atoms. The molecule has 2 saturated heterocycles. The molecule has 0 bridgehead atoms. The Hall–Kier alpha value is -1.06. The Morgan fingerprint density at radius 2 is 2.26 bits per heavy atom. The number of nitrogens with zero attached hydrogens (tertiary/aromatic N) is 3. The van der Waals surface area contributed by atoms with Crippen LogP contribution in [0.25, 0.3) is 0 Å². The first-order valence-electron chi connectivity index (χ1n) is 7.84. The van der Waals surface area contributed by atoms with E-state index in [9.17, 15) is 8.42 Å². The van der Waals surface area contributed by atoms with Crippen LogP contribution in [0.2, 0.25) is 0 Å². The largest absolute Gasteiger partial charge is 0.383 e. The zero-order valence-corrected chi connectivity index (χ0v) is 14.1. The zero-order valence-electron chi connectivity index (χ0n) is 13.3. The van der Waals surface area contributed by atoms with Crippen LogP contribution in [0.15, 0.2) is 29.4 Å². The predicted octanol–water partition coefficient (Wildman–Crippen LogP) is 0.0493. The fourth-order valence-corrected chi connectivity index (χ4v) is 4.67. The zero-order chi connectivity index (χ0) is 16.3. The van der Waals surface area contributed by atoms with Crippen molar-refractivity contribution in [3.05, 3.63) is 24.5 Å². The lowest BCUT2D eigenvalue weighted by atomic mass is 10.1. The van der Waals surface area contributed by atoms with Gasteiger partial charge in [-0.2, -0.15) is 4.31 Å². The van der Waals surface area contributed by atoms with Gasteiger partial charge in [-0.05, 0) is 12.1 Å². The number of ether oxygens (including phenoxy) is 2. The van der Waals surface area contributed by atoms with Crippen molar-refractivity contribution in [2.75, 3.05) is 53.0 Å². The summed E-state index contributed by atoms with van der Waals surface area (Å²) in [5.74, 6) is 0.195. The number of sulfonamides is 1. The van der Waals surface area contributed by atoms with Crippen LogP contribution < -0.4 is 0 Å². The van der Waals surface area contributed by atoms with Gasteiger partial charge in [-0.15, -0.1) is 0 Å². The highest BCUT2D eigenvalue weighted by Gasteiger charge is 2.41. The smallest absolute Gasteiger partial charge is 0.244 e. The van der Waals surface area contributed by atoms with E-state index in [0.717, 1.165) is 19.6 Å². The number of hydrogen-bond acceptors (Lipinski definition) is 6. The van der Waals surface area contributed by atoms with Crippen molar-refractivity contribution >= 4 is 10.0 Å². The van der Waals surface area contributed by atoms with Crippen LogP contribution in [-0.4, -0.2) is 81.8 Å². The molecule has 2 fully saturated rings. The van der Waals surface area contributed by atoms with Crippen LogP contribution in [-0.2, 0) is 19.5 Å². The molecular weight excluding hydrogens is 318 g/mol.